The summed E-state index contributed by atoms with van der Waals surface area (Å²) in [5, 5.41) is 0.520. The number of rotatable bonds is 6. The first-order valence-electron chi connectivity index (χ1n) is 9.85. The average molecular weight is 432 g/mol. The second kappa shape index (κ2) is 7.93. The Morgan fingerprint density at radius 3 is 2.70 bits per heavy atom. The second-order valence-electron chi connectivity index (χ2n) is 7.45. The molecule has 1 saturated heterocycles. The second-order valence-corrected chi connectivity index (χ2v) is 9.29. The average Bonchev–Trinajstić information content (AvgIpc) is 3.35. The van der Waals surface area contributed by atoms with Crippen LogP contribution in [0, 0.1) is 6.92 Å². The summed E-state index contributed by atoms with van der Waals surface area (Å²) in [7, 11) is -0.502. The molecule has 10 heteroatoms. The van der Waals surface area contributed by atoms with Crippen molar-refractivity contribution in [1.82, 2.24) is 23.4 Å². The normalized spacial score (nSPS) is 17.8. The Hall–Kier alpha value is -2.56. The summed E-state index contributed by atoms with van der Waals surface area (Å²) in [6.45, 7) is 2.74. The Bertz CT molecular complexity index is 1230. The van der Waals surface area contributed by atoms with Gasteiger partial charge in [-0.3, -0.25) is 9.36 Å². The molecule has 4 rings (SSSR count). The molecule has 0 bridgehead atoms. The minimum atomic E-state index is -3.83. The van der Waals surface area contributed by atoms with Gasteiger partial charge in [0.2, 0.25) is 0 Å². The van der Waals surface area contributed by atoms with Crippen LogP contribution in [0.3, 0.4) is 0 Å². The van der Waals surface area contributed by atoms with Gasteiger partial charge in [-0.05, 0) is 31.9 Å². The molecule has 1 aliphatic heterocycles. The third kappa shape index (κ3) is 3.44. The Labute approximate surface area is 175 Å². The van der Waals surface area contributed by atoms with Gasteiger partial charge in [-0.25, -0.2) is 18.4 Å². The fourth-order valence-corrected chi connectivity index (χ4v) is 5.58. The number of fused-ring (bicyclic) bond motifs is 1. The molecule has 1 aromatic carbocycles. The van der Waals surface area contributed by atoms with E-state index >= 15 is 0 Å². The zero-order valence-corrected chi connectivity index (χ0v) is 18.1. The maximum atomic E-state index is 13.4. The van der Waals surface area contributed by atoms with Crippen molar-refractivity contribution < 1.29 is 13.2 Å². The van der Waals surface area contributed by atoms with Crippen LogP contribution in [0.2, 0.25) is 0 Å². The Balaban J connectivity index is 1.85. The third-order valence-corrected chi connectivity index (χ3v) is 7.35. The molecule has 0 amide bonds. The fraction of sp³-hybridized carbons (Fsp3) is 0.450. The van der Waals surface area contributed by atoms with Crippen LogP contribution in [0.4, 0.5) is 0 Å². The molecular formula is C20H25N5O4S. The van der Waals surface area contributed by atoms with Gasteiger partial charge in [0, 0.05) is 26.9 Å². The van der Waals surface area contributed by atoms with Gasteiger partial charge in [0.25, 0.3) is 15.6 Å². The molecule has 0 aliphatic carbocycles. The summed E-state index contributed by atoms with van der Waals surface area (Å²) in [4.78, 5) is 22.1. The number of aromatic nitrogens is 4. The molecule has 0 N–H and O–H groups in total. The van der Waals surface area contributed by atoms with Crippen LogP contribution >= 0.6 is 0 Å². The molecule has 160 valence electrons. The molecule has 3 heterocycles. The predicted octanol–water partition coefficient (Wildman–Crippen LogP) is 1.61. The van der Waals surface area contributed by atoms with Crippen LogP contribution in [0.15, 0.2) is 40.3 Å². The first kappa shape index (κ1) is 20.7. The van der Waals surface area contributed by atoms with Gasteiger partial charge in [-0.1, -0.05) is 12.1 Å². The van der Waals surface area contributed by atoms with Gasteiger partial charge in [0.1, 0.15) is 11.6 Å². The molecule has 1 unspecified atom stereocenters. The van der Waals surface area contributed by atoms with E-state index in [0.717, 1.165) is 0 Å². The summed E-state index contributed by atoms with van der Waals surface area (Å²) in [6.07, 6.45) is 2.79. The zero-order chi connectivity index (χ0) is 21.5. The Morgan fingerprint density at radius 1 is 1.23 bits per heavy atom. The summed E-state index contributed by atoms with van der Waals surface area (Å²) >= 11 is 0. The van der Waals surface area contributed by atoms with E-state index in [4.69, 9.17) is 9.72 Å². The molecule has 1 atom stereocenters. The maximum absolute atomic E-state index is 13.4. The van der Waals surface area contributed by atoms with E-state index in [1.807, 2.05) is 6.07 Å². The highest BCUT2D eigenvalue weighted by molar-refractivity contribution is 7.89. The van der Waals surface area contributed by atoms with E-state index in [2.05, 4.69) is 4.98 Å². The molecule has 0 radical (unpaired) electrons. The summed E-state index contributed by atoms with van der Waals surface area (Å²) in [5.74, 6) is 1.06. The number of hydrogen-bond donors (Lipinski definition) is 0. The van der Waals surface area contributed by atoms with Crippen LogP contribution in [0.1, 0.15) is 30.5 Å². The molecule has 0 saturated carbocycles. The van der Waals surface area contributed by atoms with Crippen molar-refractivity contribution in [2.75, 3.05) is 20.3 Å². The number of nitrogens with zero attached hydrogens (tertiary/aromatic N) is 5. The van der Waals surface area contributed by atoms with Crippen LogP contribution in [-0.2, 0) is 28.4 Å². The van der Waals surface area contributed by atoms with E-state index in [0.29, 0.717) is 55.1 Å². The van der Waals surface area contributed by atoms with Gasteiger partial charge >= 0.3 is 0 Å². The lowest BCUT2D eigenvalue weighted by atomic mass is 10.2. The third-order valence-electron chi connectivity index (χ3n) is 5.57. The topological polar surface area (TPSA) is 99.3 Å². The minimum absolute atomic E-state index is 0.0148. The van der Waals surface area contributed by atoms with Crippen LogP contribution in [-0.4, -0.2) is 52.1 Å². The predicted molar refractivity (Wildman–Crippen MR) is 112 cm³/mol. The Kier molecular flexibility index (Phi) is 5.48. The number of methoxy groups -OCH3 is 1. The monoisotopic (exact) mass is 431 g/mol. The summed E-state index contributed by atoms with van der Waals surface area (Å²) < 4.78 is 36.6. The first-order chi connectivity index (χ1) is 14.3. The highest BCUT2D eigenvalue weighted by atomic mass is 32.2. The van der Waals surface area contributed by atoms with Crippen molar-refractivity contribution >= 4 is 20.9 Å². The number of hydrogen-bond acceptors (Lipinski definition) is 6. The van der Waals surface area contributed by atoms with Crippen molar-refractivity contribution in [2.24, 2.45) is 7.05 Å². The van der Waals surface area contributed by atoms with E-state index in [9.17, 15) is 13.2 Å². The number of benzene rings is 1. The van der Waals surface area contributed by atoms with Crippen LogP contribution in [0.5, 0.6) is 0 Å². The molecule has 9 nitrogen and oxygen atoms in total. The molecule has 3 aromatic rings. The lowest BCUT2D eigenvalue weighted by Crippen LogP contribution is -2.36. The smallest absolute Gasteiger partial charge is 0.262 e. The van der Waals surface area contributed by atoms with Crippen molar-refractivity contribution in [3.8, 4) is 0 Å². The van der Waals surface area contributed by atoms with Gasteiger partial charge < -0.3 is 9.30 Å². The fourth-order valence-electron chi connectivity index (χ4n) is 3.89. The molecular weight excluding hydrogens is 406 g/mol. The summed E-state index contributed by atoms with van der Waals surface area (Å²) in [5.41, 5.74) is 0.370. The van der Waals surface area contributed by atoms with Crippen molar-refractivity contribution in [2.45, 2.75) is 37.4 Å². The molecule has 1 aliphatic rings. The standard InChI is InChI=1S/C20H25N5O4S/c1-14-21-18(13-23(14)2)30(27,28)25-10-6-9-17(25)19-22-16-8-5-4-7-15(16)20(26)24(19)11-12-29-3/h4-5,7-8,13,17H,6,9-12H2,1-3H3. The van der Waals surface area contributed by atoms with E-state index in [-0.39, 0.29) is 10.6 Å². The van der Waals surface area contributed by atoms with Gasteiger partial charge in [-0.15, -0.1) is 0 Å². The van der Waals surface area contributed by atoms with Crippen LogP contribution in [0.25, 0.3) is 10.9 Å². The zero-order valence-electron chi connectivity index (χ0n) is 17.3. The lowest BCUT2D eigenvalue weighted by Gasteiger charge is -2.25. The molecule has 0 spiro atoms. The largest absolute Gasteiger partial charge is 0.383 e. The van der Waals surface area contributed by atoms with Gasteiger partial charge in [0.15, 0.2) is 5.03 Å². The van der Waals surface area contributed by atoms with E-state index in [1.165, 1.54) is 10.5 Å². The highest BCUT2D eigenvalue weighted by Gasteiger charge is 2.40. The first-order valence-corrected chi connectivity index (χ1v) is 11.3. The van der Waals surface area contributed by atoms with Crippen molar-refractivity contribution in [3.05, 3.63) is 52.5 Å². The van der Waals surface area contributed by atoms with E-state index < -0.39 is 16.1 Å². The van der Waals surface area contributed by atoms with Crippen molar-refractivity contribution in [1.29, 1.82) is 0 Å². The molecule has 2 aromatic heterocycles. The maximum Gasteiger partial charge on any atom is 0.262 e. The van der Waals surface area contributed by atoms with Crippen LogP contribution < -0.4 is 5.56 Å². The lowest BCUT2D eigenvalue weighted by molar-refractivity contribution is 0.183. The number of aryl methyl sites for hydroxylation is 2. The molecule has 1 fully saturated rings. The minimum Gasteiger partial charge on any atom is -0.383 e. The Morgan fingerprint density at radius 2 is 2.00 bits per heavy atom. The number of imidazole rings is 1. The van der Waals surface area contributed by atoms with Gasteiger partial charge in [-0.2, -0.15) is 4.31 Å². The SMILES string of the molecule is COCCn1c(C2CCCN2S(=O)(=O)c2cn(C)c(C)n2)nc2ccccc2c1=O. The van der Waals surface area contributed by atoms with E-state index in [1.54, 1.807) is 48.4 Å². The number of ether oxygens (including phenoxy) is 1. The number of para-hydroxylation sites is 1. The van der Waals surface area contributed by atoms with Gasteiger partial charge in [0.05, 0.1) is 30.1 Å². The van der Waals surface area contributed by atoms with Crippen molar-refractivity contribution in [3.63, 3.8) is 0 Å². The highest BCUT2D eigenvalue weighted by Crippen LogP contribution is 2.35. The molecule has 30 heavy (non-hydrogen) atoms. The quantitative estimate of drug-likeness (QED) is 0.588. The number of sulfonamides is 1. The summed E-state index contributed by atoms with van der Waals surface area (Å²) in [6, 6.07) is 6.58.